The maximum Gasteiger partial charge on any atom is 0.163 e. The smallest absolute Gasteiger partial charge is 0.163 e. The minimum Gasteiger partial charge on any atom is -0.372 e. The molecule has 3 heteroatoms. The van der Waals surface area contributed by atoms with E-state index in [2.05, 4.69) is 0 Å². The van der Waals surface area contributed by atoms with E-state index < -0.39 is 0 Å². The fourth-order valence-electron chi connectivity index (χ4n) is 3.31. The van der Waals surface area contributed by atoms with Gasteiger partial charge < -0.3 is 9.53 Å². The Kier molecular flexibility index (Phi) is 2.51. The highest BCUT2D eigenvalue weighted by atomic mass is 16.5. The molecule has 0 radical (unpaired) electrons. The molecule has 2 aliphatic carbocycles. The Labute approximate surface area is 101 Å². The zero-order chi connectivity index (χ0) is 12.0. The second-order valence-corrected chi connectivity index (χ2v) is 5.21. The third-order valence-electron chi connectivity index (χ3n) is 3.99. The highest BCUT2D eigenvalue weighted by Gasteiger charge is 2.38. The molecule has 0 N–H and O–H groups in total. The summed E-state index contributed by atoms with van der Waals surface area (Å²) in [4.78, 5) is 23.3. The monoisotopic (exact) mass is 232 g/mol. The lowest BCUT2D eigenvalue weighted by molar-refractivity contribution is -0.118. The number of fused-ring (bicyclic) bond motifs is 1. The fraction of sp³-hybridized carbons (Fsp3) is 0.571. The first kappa shape index (κ1) is 10.9. The summed E-state index contributed by atoms with van der Waals surface area (Å²) in [5, 5.41) is 0. The Morgan fingerprint density at radius 1 is 1.35 bits per heavy atom. The van der Waals surface area contributed by atoms with E-state index in [-0.39, 0.29) is 17.5 Å². The highest BCUT2D eigenvalue weighted by Crippen LogP contribution is 2.45. The van der Waals surface area contributed by atoms with Crippen LogP contribution in [0.2, 0.25) is 0 Å². The molecule has 3 aliphatic rings. The summed E-state index contributed by atoms with van der Waals surface area (Å²) in [7, 11) is 0. The molecule has 17 heavy (non-hydrogen) atoms. The number of hydrogen-bond acceptors (Lipinski definition) is 3. The number of rotatable bonds is 2. The van der Waals surface area contributed by atoms with E-state index in [1.165, 1.54) is 11.1 Å². The van der Waals surface area contributed by atoms with Crippen molar-refractivity contribution in [2.45, 2.75) is 32.6 Å². The van der Waals surface area contributed by atoms with Crippen molar-refractivity contribution in [1.82, 2.24) is 0 Å². The molecule has 0 aromatic carbocycles. The first-order valence-electron chi connectivity index (χ1n) is 6.21. The van der Waals surface area contributed by atoms with Crippen molar-refractivity contribution in [2.75, 3.05) is 13.2 Å². The molecule has 3 rings (SSSR count). The summed E-state index contributed by atoms with van der Waals surface area (Å²) in [5.74, 6) is 0.727. The van der Waals surface area contributed by atoms with E-state index >= 15 is 0 Å². The van der Waals surface area contributed by atoms with Crippen LogP contribution in [0, 0.1) is 5.92 Å². The van der Waals surface area contributed by atoms with Gasteiger partial charge in [0.2, 0.25) is 0 Å². The number of Topliss-reactive ketones (excluding diaryl/α,β-unsaturated/α-hetero) is 2. The SMILES string of the molecule is CC(=O)CC1CC2=C(COC2)C2=C1CCC2=O. The van der Waals surface area contributed by atoms with Gasteiger partial charge in [-0.3, -0.25) is 4.79 Å². The van der Waals surface area contributed by atoms with Crippen LogP contribution in [0.5, 0.6) is 0 Å². The molecule has 0 aromatic heterocycles. The van der Waals surface area contributed by atoms with Gasteiger partial charge in [0.05, 0.1) is 13.2 Å². The van der Waals surface area contributed by atoms with Crippen LogP contribution in [0.1, 0.15) is 32.6 Å². The number of ketones is 2. The normalized spacial score (nSPS) is 27.6. The van der Waals surface area contributed by atoms with Crippen molar-refractivity contribution in [3.05, 3.63) is 22.3 Å². The number of allylic oxidation sites excluding steroid dienone is 1. The van der Waals surface area contributed by atoms with Gasteiger partial charge in [-0.2, -0.15) is 0 Å². The second-order valence-electron chi connectivity index (χ2n) is 5.21. The van der Waals surface area contributed by atoms with Gasteiger partial charge in [0.25, 0.3) is 0 Å². The van der Waals surface area contributed by atoms with Crippen LogP contribution >= 0.6 is 0 Å². The molecule has 0 saturated carbocycles. The molecule has 1 heterocycles. The largest absolute Gasteiger partial charge is 0.372 e. The summed E-state index contributed by atoms with van der Waals surface area (Å²) >= 11 is 0. The third kappa shape index (κ3) is 1.69. The quantitative estimate of drug-likeness (QED) is 0.731. The summed E-state index contributed by atoms with van der Waals surface area (Å²) in [6.07, 6.45) is 2.96. The molecule has 0 bridgehead atoms. The molecule has 0 saturated heterocycles. The van der Waals surface area contributed by atoms with Gasteiger partial charge in [-0.1, -0.05) is 5.57 Å². The Hall–Kier alpha value is -1.22. The highest BCUT2D eigenvalue weighted by molar-refractivity contribution is 6.03. The molecule has 0 spiro atoms. The van der Waals surface area contributed by atoms with E-state index in [1.54, 1.807) is 6.92 Å². The topological polar surface area (TPSA) is 43.4 Å². The molecule has 1 atom stereocenters. The van der Waals surface area contributed by atoms with E-state index in [1.807, 2.05) is 0 Å². The third-order valence-corrected chi connectivity index (χ3v) is 3.99. The second kappa shape index (κ2) is 3.91. The minimum atomic E-state index is 0.212. The molecule has 0 fully saturated rings. The maximum atomic E-state index is 11.9. The van der Waals surface area contributed by atoms with Crippen LogP contribution in [0.3, 0.4) is 0 Å². The average molecular weight is 232 g/mol. The molecule has 1 unspecified atom stereocenters. The lowest BCUT2D eigenvalue weighted by atomic mass is 9.78. The summed E-state index contributed by atoms with van der Waals surface area (Å²) in [6, 6.07) is 0. The zero-order valence-electron chi connectivity index (χ0n) is 10.0. The van der Waals surface area contributed by atoms with Crippen LogP contribution in [-0.2, 0) is 14.3 Å². The average Bonchev–Trinajstić information content (AvgIpc) is 2.83. The summed E-state index contributed by atoms with van der Waals surface area (Å²) in [5.41, 5.74) is 4.55. The summed E-state index contributed by atoms with van der Waals surface area (Å²) < 4.78 is 5.46. The van der Waals surface area contributed by atoms with Gasteiger partial charge in [0.15, 0.2) is 5.78 Å². The Balaban J connectivity index is 2.00. The van der Waals surface area contributed by atoms with Crippen LogP contribution in [0.4, 0.5) is 0 Å². The van der Waals surface area contributed by atoms with Crippen LogP contribution in [-0.4, -0.2) is 24.8 Å². The standard InChI is InChI=1S/C14H16O3/c1-8(15)4-9-5-10-6-17-7-12(10)14-11(9)2-3-13(14)16/h9H,2-7H2,1H3. The first-order valence-corrected chi connectivity index (χ1v) is 6.21. The predicted molar refractivity (Wildman–Crippen MR) is 62.5 cm³/mol. The maximum absolute atomic E-state index is 11.9. The number of carbonyl (C=O) groups excluding carboxylic acids is 2. The molecule has 0 amide bonds. The van der Waals surface area contributed by atoms with Crippen LogP contribution < -0.4 is 0 Å². The predicted octanol–water partition coefficient (Wildman–Crippen LogP) is 1.97. The van der Waals surface area contributed by atoms with Gasteiger partial charge in [-0.25, -0.2) is 0 Å². The minimum absolute atomic E-state index is 0.212. The zero-order valence-corrected chi connectivity index (χ0v) is 10.0. The number of ether oxygens (including phenoxy) is 1. The van der Waals surface area contributed by atoms with Crippen molar-refractivity contribution in [2.24, 2.45) is 5.92 Å². The molecular formula is C14H16O3. The lowest BCUT2D eigenvalue weighted by Crippen LogP contribution is -2.17. The first-order chi connectivity index (χ1) is 8.16. The van der Waals surface area contributed by atoms with E-state index in [0.717, 1.165) is 24.0 Å². The van der Waals surface area contributed by atoms with Crippen molar-refractivity contribution < 1.29 is 14.3 Å². The molecule has 1 aliphatic heterocycles. The Bertz CT molecular complexity index is 468. The number of hydrogen-bond donors (Lipinski definition) is 0. The van der Waals surface area contributed by atoms with Crippen molar-refractivity contribution >= 4 is 11.6 Å². The van der Waals surface area contributed by atoms with Crippen molar-refractivity contribution in [3.8, 4) is 0 Å². The van der Waals surface area contributed by atoms with E-state index in [0.29, 0.717) is 26.1 Å². The van der Waals surface area contributed by atoms with Crippen molar-refractivity contribution in [1.29, 1.82) is 0 Å². The molecular weight excluding hydrogens is 216 g/mol. The van der Waals surface area contributed by atoms with Gasteiger partial charge in [-0.15, -0.1) is 0 Å². The van der Waals surface area contributed by atoms with E-state index in [4.69, 9.17) is 4.74 Å². The van der Waals surface area contributed by atoms with Gasteiger partial charge in [-0.05, 0) is 36.8 Å². The molecule has 3 nitrogen and oxygen atoms in total. The van der Waals surface area contributed by atoms with Gasteiger partial charge >= 0.3 is 0 Å². The Morgan fingerprint density at radius 3 is 2.94 bits per heavy atom. The number of carbonyl (C=O) groups is 2. The molecule has 0 aromatic rings. The molecule has 90 valence electrons. The Morgan fingerprint density at radius 2 is 2.18 bits per heavy atom. The fourth-order valence-corrected chi connectivity index (χ4v) is 3.31. The van der Waals surface area contributed by atoms with E-state index in [9.17, 15) is 9.59 Å². The van der Waals surface area contributed by atoms with Gasteiger partial charge in [0.1, 0.15) is 5.78 Å². The van der Waals surface area contributed by atoms with Gasteiger partial charge in [0, 0.05) is 18.4 Å². The van der Waals surface area contributed by atoms with Crippen molar-refractivity contribution in [3.63, 3.8) is 0 Å². The van der Waals surface area contributed by atoms with Crippen LogP contribution in [0.25, 0.3) is 0 Å². The lowest BCUT2D eigenvalue weighted by Gasteiger charge is -2.24. The van der Waals surface area contributed by atoms with Crippen LogP contribution in [0.15, 0.2) is 22.3 Å². The summed E-state index contributed by atoms with van der Waals surface area (Å²) in [6.45, 7) is 2.87.